The fourth-order valence-corrected chi connectivity index (χ4v) is 1.79. The maximum Gasteiger partial charge on any atom is 0.221 e. The molecule has 19 heavy (non-hydrogen) atoms. The van der Waals surface area contributed by atoms with Crippen LogP contribution in [0.3, 0.4) is 0 Å². The topological polar surface area (TPSA) is 55.1 Å². The third kappa shape index (κ3) is 4.10. The number of hydrogen-bond acceptors (Lipinski definition) is 2. The lowest BCUT2D eigenvalue weighted by molar-refractivity contribution is -0.117. The molecule has 2 rings (SSSR count). The van der Waals surface area contributed by atoms with Crippen molar-refractivity contribution in [2.45, 2.75) is 13.0 Å². The summed E-state index contributed by atoms with van der Waals surface area (Å²) in [6.45, 7) is 0.549. The molecular formula is C15H15FN2O. The zero-order valence-electron chi connectivity index (χ0n) is 10.4. The highest BCUT2D eigenvalue weighted by molar-refractivity contribution is 5.76. The largest absolute Gasteiger partial charge is 0.381 e. The molecule has 3 N–H and O–H groups in total. The molecule has 0 heterocycles. The lowest BCUT2D eigenvalue weighted by atomic mass is 10.1. The molecule has 0 unspecified atom stereocenters. The quantitative estimate of drug-likeness (QED) is 0.865. The van der Waals surface area contributed by atoms with Crippen molar-refractivity contribution < 1.29 is 9.18 Å². The highest BCUT2D eigenvalue weighted by atomic mass is 19.1. The van der Waals surface area contributed by atoms with Crippen LogP contribution < -0.4 is 11.1 Å². The number of benzene rings is 2. The Hall–Kier alpha value is -2.36. The van der Waals surface area contributed by atoms with Gasteiger partial charge in [0.05, 0.1) is 6.42 Å². The van der Waals surface area contributed by atoms with Gasteiger partial charge in [0.25, 0.3) is 0 Å². The lowest BCUT2D eigenvalue weighted by Crippen LogP contribution is -2.13. The Kier molecular flexibility index (Phi) is 4.13. The van der Waals surface area contributed by atoms with Crippen molar-refractivity contribution in [3.8, 4) is 0 Å². The predicted octanol–water partition coefficient (Wildman–Crippen LogP) is 2.47. The van der Waals surface area contributed by atoms with Crippen LogP contribution in [-0.4, -0.2) is 5.91 Å². The molecule has 2 aromatic carbocycles. The van der Waals surface area contributed by atoms with Gasteiger partial charge in [0, 0.05) is 12.2 Å². The third-order valence-electron chi connectivity index (χ3n) is 2.72. The van der Waals surface area contributed by atoms with Crippen molar-refractivity contribution in [2.24, 2.45) is 5.73 Å². The van der Waals surface area contributed by atoms with Gasteiger partial charge in [-0.3, -0.25) is 4.79 Å². The first-order valence-electron chi connectivity index (χ1n) is 5.99. The Labute approximate surface area is 111 Å². The molecule has 0 bridgehead atoms. The highest BCUT2D eigenvalue weighted by Gasteiger charge is 1.99. The number of rotatable bonds is 5. The summed E-state index contributed by atoms with van der Waals surface area (Å²) in [4.78, 5) is 10.8. The standard InChI is InChI=1S/C15H15FN2O/c16-13-3-1-2-12(8-13)10-18-14-6-4-11(5-7-14)9-15(17)19/h1-8,18H,9-10H2,(H2,17,19). The Balaban J connectivity index is 1.94. The van der Waals surface area contributed by atoms with Gasteiger partial charge in [0.15, 0.2) is 0 Å². The molecule has 4 heteroatoms. The van der Waals surface area contributed by atoms with Crippen LogP contribution in [-0.2, 0) is 17.8 Å². The average Bonchev–Trinajstić information content (AvgIpc) is 2.37. The molecule has 3 nitrogen and oxygen atoms in total. The number of carbonyl (C=O) groups is 1. The van der Waals surface area contributed by atoms with Gasteiger partial charge in [-0.05, 0) is 35.4 Å². The van der Waals surface area contributed by atoms with E-state index in [-0.39, 0.29) is 18.1 Å². The number of nitrogens with one attached hydrogen (secondary N) is 1. The minimum Gasteiger partial charge on any atom is -0.381 e. The van der Waals surface area contributed by atoms with Gasteiger partial charge in [0.2, 0.25) is 5.91 Å². The van der Waals surface area contributed by atoms with Gasteiger partial charge in [-0.2, -0.15) is 0 Å². The molecule has 1 amide bonds. The summed E-state index contributed by atoms with van der Waals surface area (Å²) in [6, 6.07) is 13.9. The van der Waals surface area contributed by atoms with E-state index in [1.165, 1.54) is 12.1 Å². The highest BCUT2D eigenvalue weighted by Crippen LogP contribution is 2.12. The van der Waals surface area contributed by atoms with E-state index < -0.39 is 0 Å². The number of nitrogens with two attached hydrogens (primary N) is 1. The Morgan fingerprint density at radius 2 is 1.84 bits per heavy atom. The molecule has 0 saturated heterocycles. The lowest BCUT2D eigenvalue weighted by Gasteiger charge is -2.07. The molecule has 0 aliphatic carbocycles. The second-order valence-electron chi connectivity index (χ2n) is 4.32. The van der Waals surface area contributed by atoms with E-state index in [1.54, 1.807) is 6.07 Å². The van der Waals surface area contributed by atoms with E-state index in [2.05, 4.69) is 5.32 Å². The molecule has 0 saturated carbocycles. The second-order valence-corrected chi connectivity index (χ2v) is 4.32. The minimum atomic E-state index is -0.347. The fourth-order valence-electron chi connectivity index (χ4n) is 1.79. The summed E-state index contributed by atoms with van der Waals surface area (Å²) >= 11 is 0. The van der Waals surface area contributed by atoms with Crippen LogP contribution in [0, 0.1) is 5.82 Å². The SMILES string of the molecule is NC(=O)Cc1ccc(NCc2cccc(F)c2)cc1. The van der Waals surface area contributed by atoms with Crippen molar-refractivity contribution in [3.63, 3.8) is 0 Å². The molecule has 0 radical (unpaired) electrons. The number of carbonyl (C=O) groups excluding carboxylic acids is 1. The van der Waals surface area contributed by atoms with E-state index in [0.717, 1.165) is 16.8 Å². The number of halogens is 1. The van der Waals surface area contributed by atoms with E-state index in [1.807, 2.05) is 30.3 Å². The second kappa shape index (κ2) is 6.00. The number of amides is 1. The van der Waals surface area contributed by atoms with Crippen LogP contribution in [0.2, 0.25) is 0 Å². The smallest absolute Gasteiger partial charge is 0.221 e. The number of anilines is 1. The van der Waals surface area contributed by atoms with Crippen LogP contribution in [0.25, 0.3) is 0 Å². The molecule has 0 aromatic heterocycles. The molecule has 0 fully saturated rings. The van der Waals surface area contributed by atoms with E-state index in [9.17, 15) is 9.18 Å². The summed E-state index contributed by atoms with van der Waals surface area (Å²) in [5, 5.41) is 3.19. The van der Waals surface area contributed by atoms with Gasteiger partial charge in [-0.25, -0.2) is 4.39 Å². The minimum absolute atomic E-state index is 0.240. The summed E-state index contributed by atoms with van der Waals surface area (Å²) in [6.07, 6.45) is 0.240. The van der Waals surface area contributed by atoms with Crippen LogP contribution in [0.15, 0.2) is 48.5 Å². The Bertz CT molecular complexity index is 567. The van der Waals surface area contributed by atoms with Gasteiger partial charge >= 0.3 is 0 Å². The monoisotopic (exact) mass is 258 g/mol. The van der Waals surface area contributed by atoms with Crippen LogP contribution in [0.4, 0.5) is 10.1 Å². The first kappa shape index (κ1) is 13.1. The zero-order valence-corrected chi connectivity index (χ0v) is 10.4. The van der Waals surface area contributed by atoms with Crippen molar-refractivity contribution in [2.75, 3.05) is 5.32 Å². The van der Waals surface area contributed by atoms with Gasteiger partial charge in [0.1, 0.15) is 5.82 Å². The molecular weight excluding hydrogens is 243 g/mol. The van der Waals surface area contributed by atoms with Crippen molar-refractivity contribution in [3.05, 3.63) is 65.5 Å². The number of hydrogen-bond donors (Lipinski definition) is 2. The van der Waals surface area contributed by atoms with E-state index in [0.29, 0.717) is 6.54 Å². The first-order valence-corrected chi connectivity index (χ1v) is 5.99. The van der Waals surface area contributed by atoms with Gasteiger partial charge in [-0.15, -0.1) is 0 Å². The van der Waals surface area contributed by atoms with Crippen molar-refractivity contribution >= 4 is 11.6 Å². The zero-order chi connectivity index (χ0) is 13.7. The fraction of sp³-hybridized carbons (Fsp3) is 0.133. The number of primary amides is 1. The summed E-state index contributed by atoms with van der Waals surface area (Å²) < 4.78 is 13.0. The Morgan fingerprint density at radius 3 is 2.47 bits per heavy atom. The van der Waals surface area contributed by atoms with Crippen LogP contribution in [0.1, 0.15) is 11.1 Å². The third-order valence-corrected chi connectivity index (χ3v) is 2.72. The van der Waals surface area contributed by atoms with Gasteiger partial charge < -0.3 is 11.1 Å². The maximum absolute atomic E-state index is 13.0. The van der Waals surface area contributed by atoms with Crippen molar-refractivity contribution in [1.29, 1.82) is 0 Å². The summed E-state index contributed by atoms with van der Waals surface area (Å²) in [5.74, 6) is -0.587. The Morgan fingerprint density at radius 1 is 1.11 bits per heavy atom. The van der Waals surface area contributed by atoms with Gasteiger partial charge in [-0.1, -0.05) is 24.3 Å². The van der Waals surface area contributed by atoms with Crippen LogP contribution in [0.5, 0.6) is 0 Å². The molecule has 0 spiro atoms. The molecule has 0 aliphatic rings. The van der Waals surface area contributed by atoms with E-state index >= 15 is 0 Å². The summed E-state index contributed by atoms with van der Waals surface area (Å²) in [7, 11) is 0. The summed E-state index contributed by atoms with van der Waals surface area (Å²) in [5.41, 5.74) is 7.79. The van der Waals surface area contributed by atoms with Crippen molar-refractivity contribution in [1.82, 2.24) is 0 Å². The van der Waals surface area contributed by atoms with E-state index in [4.69, 9.17) is 5.73 Å². The van der Waals surface area contributed by atoms with Crippen LogP contribution >= 0.6 is 0 Å². The molecule has 0 atom stereocenters. The molecule has 0 aliphatic heterocycles. The average molecular weight is 258 g/mol. The normalized spacial score (nSPS) is 10.2. The maximum atomic E-state index is 13.0. The first-order chi connectivity index (χ1) is 9.13. The molecule has 2 aromatic rings. The molecule has 98 valence electrons. The predicted molar refractivity (Wildman–Crippen MR) is 73.1 cm³/mol.